The molecule has 110 valence electrons. The molecule has 4 heteroatoms. The molecular formula is C16H23NO2S. The van der Waals surface area contributed by atoms with Crippen LogP contribution in [0.2, 0.25) is 0 Å². The van der Waals surface area contributed by atoms with E-state index in [4.69, 9.17) is 0 Å². The van der Waals surface area contributed by atoms with Crippen LogP contribution in [0.1, 0.15) is 38.2 Å². The van der Waals surface area contributed by atoms with E-state index in [0.717, 1.165) is 31.5 Å². The Labute approximate surface area is 121 Å². The topological polar surface area (TPSA) is 46.2 Å². The minimum absolute atomic E-state index is 0.175. The molecule has 3 rings (SSSR count). The first-order valence-corrected chi connectivity index (χ1v) is 9.12. The molecule has 0 radical (unpaired) electrons. The lowest BCUT2D eigenvalue weighted by Crippen LogP contribution is -2.31. The van der Waals surface area contributed by atoms with Crippen molar-refractivity contribution in [2.75, 3.05) is 18.8 Å². The Bertz CT molecular complexity index is 603. The molecular weight excluding hydrogens is 270 g/mol. The minimum Gasteiger partial charge on any atom is -0.316 e. The van der Waals surface area contributed by atoms with Gasteiger partial charge in [-0.05, 0) is 42.3 Å². The second-order valence-corrected chi connectivity index (χ2v) is 8.76. The fourth-order valence-corrected chi connectivity index (χ4v) is 5.38. The van der Waals surface area contributed by atoms with E-state index >= 15 is 0 Å². The van der Waals surface area contributed by atoms with Crippen LogP contribution < -0.4 is 5.32 Å². The molecule has 1 aliphatic heterocycles. The lowest BCUT2D eigenvalue weighted by molar-refractivity contribution is 0.383. The summed E-state index contributed by atoms with van der Waals surface area (Å²) in [6.45, 7) is 6.34. The van der Waals surface area contributed by atoms with E-state index in [1.165, 1.54) is 0 Å². The molecule has 3 nitrogen and oxygen atoms in total. The van der Waals surface area contributed by atoms with Gasteiger partial charge in [-0.1, -0.05) is 32.0 Å². The van der Waals surface area contributed by atoms with Crippen molar-refractivity contribution < 1.29 is 8.42 Å². The summed E-state index contributed by atoms with van der Waals surface area (Å²) in [5.74, 6) is 1.11. The highest BCUT2D eigenvalue weighted by atomic mass is 32.2. The lowest BCUT2D eigenvalue weighted by atomic mass is 9.84. The van der Waals surface area contributed by atoms with Gasteiger partial charge in [-0.25, -0.2) is 8.42 Å². The SMILES string of the molecule is CC(C)CNCC1(C2CS(=O)(=O)c3ccccc32)CC1. The molecule has 20 heavy (non-hydrogen) atoms. The van der Waals surface area contributed by atoms with Crippen LogP contribution in [-0.4, -0.2) is 27.3 Å². The summed E-state index contributed by atoms with van der Waals surface area (Å²) >= 11 is 0. The van der Waals surface area contributed by atoms with Crippen LogP contribution in [0, 0.1) is 11.3 Å². The lowest BCUT2D eigenvalue weighted by Gasteiger charge is -2.24. The minimum atomic E-state index is -3.07. The molecule has 1 fully saturated rings. The number of benzene rings is 1. The maximum absolute atomic E-state index is 12.3. The van der Waals surface area contributed by atoms with E-state index < -0.39 is 9.84 Å². The van der Waals surface area contributed by atoms with Crippen molar-refractivity contribution in [3.05, 3.63) is 29.8 Å². The number of sulfone groups is 1. The molecule has 1 aromatic rings. The third-order valence-electron chi connectivity index (χ3n) is 4.68. The third kappa shape index (κ3) is 2.40. The summed E-state index contributed by atoms with van der Waals surface area (Å²) in [4.78, 5) is 0.570. The Morgan fingerprint density at radius 2 is 2.00 bits per heavy atom. The Morgan fingerprint density at radius 3 is 2.65 bits per heavy atom. The van der Waals surface area contributed by atoms with Gasteiger partial charge in [0.25, 0.3) is 0 Å². The Kier molecular flexibility index (Phi) is 3.41. The van der Waals surface area contributed by atoms with Gasteiger partial charge < -0.3 is 5.32 Å². The molecule has 1 atom stereocenters. The van der Waals surface area contributed by atoms with Gasteiger partial charge in [0.1, 0.15) is 0 Å². The fraction of sp³-hybridized carbons (Fsp3) is 0.625. The Morgan fingerprint density at radius 1 is 1.30 bits per heavy atom. The normalized spacial score (nSPS) is 25.6. The first-order valence-electron chi connectivity index (χ1n) is 7.47. The van der Waals surface area contributed by atoms with Crippen LogP contribution in [0.25, 0.3) is 0 Å². The van der Waals surface area contributed by atoms with Crippen molar-refractivity contribution in [3.8, 4) is 0 Å². The molecule has 1 saturated carbocycles. The quantitative estimate of drug-likeness (QED) is 0.907. The summed E-state index contributed by atoms with van der Waals surface area (Å²) in [7, 11) is -3.07. The van der Waals surface area contributed by atoms with Crippen LogP contribution in [0.5, 0.6) is 0 Å². The summed E-state index contributed by atoms with van der Waals surface area (Å²) < 4.78 is 24.6. The van der Waals surface area contributed by atoms with Crippen LogP contribution in [0.4, 0.5) is 0 Å². The van der Waals surface area contributed by atoms with Gasteiger partial charge in [0.2, 0.25) is 0 Å². The number of fused-ring (bicyclic) bond motifs is 1. The number of nitrogens with one attached hydrogen (secondary N) is 1. The zero-order valence-electron chi connectivity index (χ0n) is 12.2. The predicted octanol–water partition coefficient (Wildman–Crippen LogP) is 2.58. The predicted molar refractivity (Wildman–Crippen MR) is 80.6 cm³/mol. The average Bonchev–Trinajstić information content (AvgIpc) is 3.11. The van der Waals surface area contributed by atoms with Crippen molar-refractivity contribution in [1.82, 2.24) is 5.32 Å². The monoisotopic (exact) mass is 293 g/mol. The van der Waals surface area contributed by atoms with Gasteiger partial charge in [0.05, 0.1) is 10.6 Å². The first-order chi connectivity index (χ1) is 9.45. The van der Waals surface area contributed by atoms with Gasteiger partial charge in [-0.2, -0.15) is 0 Å². The van der Waals surface area contributed by atoms with E-state index in [1.807, 2.05) is 18.2 Å². The van der Waals surface area contributed by atoms with Gasteiger partial charge in [0, 0.05) is 12.5 Å². The van der Waals surface area contributed by atoms with E-state index in [1.54, 1.807) is 6.07 Å². The largest absolute Gasteiger partial charge is 0.316 e. The molecule has 0 amide bonds. The molecule has 1 unspecified atom stereocenters. The van der Waals surface area contributed by atoms with Gasteiger partial charge in [0.15, 0.2) is 9.84 Å². The van der Waals surface area contributed by atoms with Crippen molar-refractivity contribution in [3.63, 3.8) is 0 Å². The summed E-state index contributed by atoms with van der Waals surface area (Å²) in [6, 6.07) is 7.56. The highest BCUT2D eigenvalue weighted by Gasteiger charge is 2.54. The van der Waals surface area contributed by atoms with Gasteiger partial charge in [-0.3, -0.25) is 0 Å². The fourth-order valence-electron chi connectivity index (χ4n) is 3.38. The zero-order chi connectivity index (χ0) is 14.4. The molecule has 2 aliphatic rings. The Hall–Kier alpha value is -0.870. The summed E-state index contributed by atoms with van der Waals surface area (Å²) in [5.41, 5.74) is 1.23. The summed E-state index contributed by atoms with van der Waals surface area (Å²) in [6.07, 6.45) is 2.29. The maximum atomic E-state index is 12.3. The van der Waals surface area contributed by atoms with Crippen molar-refractivity contribution in [2.45, 2.75) is 37.5 Å². The summed E-state index contributed by atoms with van der Waals surface area (Å²) in [5, 5.41) is 3.53. The van der Waals surface area contributed by atoms with Gasteiger partial charge >= 0.3 is 0 Å². The third-order valence-corrected chi connectivity index (χ3v) is 6.49. The molecule has 0 bridgehead atoms. The zero-order valence-corrected chi connectivity index (χ0v) is 13.0. The van der Waals surface area contributed by atoms with E-state index in [0.29, 0.717) is 16.6 Å². The number of hydrogen-bond acceptors (Lipinski definition) is 3. The van der Waals surface area contributed by atoms with Gasteiger partial charge in [-0.15, -0.1) is 0 Å². The molecule has 1 aliphatic carbocycles. The number of rotatable bonds is 5. The standard InChI is InChI=1S/C16H23NO2S/c1-12(2)9-17-11-16(7-8-16)14-10-20(18,19)15-6-4-3-5-13(14)15/h3-6,12,14,17H,7-11H2,1-2H3. The molecule has 1 aromatic carbocycles. The highest BCUT2D eigenvalue weighted by molar-refractivity contribution is 7.91. The van der Waals surface area contributed by atoms with E-state index in [-0.39, 0.29) is 11.3 Å². The van der Waals surface area contributed by atoms with Crippen molar-refractivity contribution in [1.29, 1.82) is 0 Å². The molecule has 0 saturated heterocycles. The van der Waals surface area contributed by atoms with Crippen LogP contribution in [-0.2, 0) is 9.84 Å². The van der Waals surface area contributed by atoms with E-state index in [9.17, 15) is 8.42 Å². The number of hydrogen-bond donors (Lipinski definition) is 1. The first kappa shape index (κ1) is 14.1. The van der Waals surface area contributed by atoms with Crippen LogP contribution >= 0.6 is 0 Å². The van der Waals surface area contributed by atoms with Crippen LogP contribution in [0.3, 0.4) is 0 Å². The molecule has 0 spiro atoms. The Balaban J connectivity index is 1.82. The second-order valence-electron chi connectivity index (χ2n) is 6.76. The molecule has 0 aromatic heterocycles. The van der Waals surface area contributed by atoms with Crippen molar-refractivity contribution in [2.24, 2.45) is 11.3 Å². The second kappa shape index (κ2) is 4.85. The molecule has 1 heterocycles. The highest BCUT2D eigenvalue weighted by Crippen LogP contribution is 2.59. The van der Waals surface area contributed by atoms with Crippen molar-refractivity contribution >= 4 is 9.84 Å². The molecule has 1 N–H and O–H groups in total. The smallest absolute Gasteiger partial charge is 0.179 e. The average molecular weight is 293 g/mol. The van der Waals surface area contributed by atoms with Crippen LogP contribution in [0.15, 0.2) is 29.2 Å². The maximum Gasteiger partial charge on any atom is 0.179 e. The van der Waals surface area contributed by atoms with E-state index in [2.05, 4.69) is 19.2 Å².